The van der Waals surface area contributed by atoms with E-state index in [-0.39, 0.29) is 10.8 Å². The first-order valence-electron chi connectivity index (χ1n) is 10.1. The Morgan fingerprint density at radius 1 is 0.962 bits per heavy atom. The monoisotopic (exact) mass is 340 g/mol. The normalized spacial score (nSPS) is 27.6. The summed E-state index contributed by atoms with van der Waals surface area (Å²) in [5.41, 5.74) is 11.2. The van der Waals surface area contributed by atoms with E-state index in [1.54, 1.807) is 16.7 Å². The van der Waals surface area contributed by atoms with E-state index < -0.39 is 0 Å². The predicted molar refractivity (Wildman–Crippen MR) is 110 cm³/mol. The van der Waals surface area contributed by atoms with Crippen LogP contribution in [0.3, 0.4) is 0 Å². The Morgan fingerprint density at radius 2 is 1.73 bits per heavy atom. The van der Waals surface area contributed by atoms with Gasteiger partial charge >= 0.3 is 0 Å². The molecule has 0 aromatic heterocycles. The lowest BCUT2D eigenvalue weighted by Crippen LogP contribution is -2.27. The molecule has 0 amide bonds. The van der Waals surface area contributed by atoms with Crippen LogP contribution < -0.4 is 0 Å². The Kier molecular flexibility index (Phi) is 3.24. The van der Waals surface area contributed by atoms with Gasteiger partial charge in [-0.3, -0.25) is 0 Å². The minimum absolute atomic E-state index is 0.194. The molecule has 1 fully saturated rings. The predicted octanol–water partition coefficient (Wildman–Crippen LogP) is 6.84. The molecular weight excluding hydrogens is 312 g/mol. The Hall–Kier alpha value is -2.08. The van der Waals surface area contributed by atoms with Gasteiger partial charge in [-0.1, -0.05) is 93.5 Å². The maximum absolute atomic E-state index is 2.57. The SMILES string of the molecule is CCC1=CC2C(=C1)C(C)(C)CC2(C)c1cccc2c1Cc1ccccc1-2. The van der Waals surface area contributed by atoms with Crippen molar-refractivity contribution in [1.29, 1.82) is 0 Å². The maximum Gasteiger partial charge on any atom is 0.00859 e. The quantitative estimate of drug-likeness (QED) is 0.479. The molecule has 2 aromatic rings. The van der Waals surface area contributed by atoms with E-state index in [9.17, 15) is 0 Å². The molecule has 3 aliphatic rings. The fourth-order valence-electron chi connectivity index (χ4n) is 6.09. The Labute approximate surface area is 157 Å². The van der Waals surface area contributed by atoms with E-state index in [1.807, 2.05) is 0 Å². The molecule has 3 aliphatic carbocycles. The average Bonchev–Trinajstić information content (AvgIpc) is 3.27. The molecule has 132 valence electrons. The van der Waals surface area contributed by atoms with Crippen LogP contribution in [0.25, 0.3) is 11.1 Å². The molecule has 2 unspecified atom stereocenters. The van der Waals surface area contributed by atoms with Crippen molar-refractivity contribution in [1.82, 2.24) is 0 Å². The number of rotatable bonds is 2. The molecular formula is C26H28. The number of hydrogen-bond acceptors (Lipinski definition) is 0. The average molecular weight is 341 g/mol. The van der Waals surface area contributed by atoms with Crippen LogP contribution in [0, 0.1) is 11.3 Å². The van der Waals surface area contributed by atoms with Gasteiger partial charge in [0.15, 0.2) is 0 Å². The minimum atomic E-state index is 0.194. The van der Waals surface area contributed by atoms with Gasteiger partial charge in [0.25, 0.3) is 0 Å². The van der Waals surface area contributed by atoms with E-state index in [4.69, 9.17) is 0 Å². The third kappa shape index (κ3) is 2.02. The first-order valence-corrected chi connectivity index (χ1v) is 10.1. The first kappa shape index (κ1) is 16.1. The third-order valence-corrected chi connectivity index (χ3v) is 7.21. The Balaban J connectivity index is 1.68. The summed E-state index contributed by atoms with van der Waals surface area (Å²) < 4.78 is 0. The van der Waals surface area contributed by atoms with E-state index in [0.717, 1.165) is 12.8 Å². The van der Waals surface area contributed by atoms with Crippen molar-refractivity contribution in [2.24, 2.45) is 11.3 Å². The van der Waals surface area contributed by atoms with E-state index in [1.165, 1.54) is 28.7 Å². The molecule has 26 heavy (non-hydrogen) atoms. The van der Waals surface area contributed by atoms with Gasteiger partial charge in [0.2, 0.25) is 0 Å². The zero-order valence-electron chi connectivity index (χ0n) is 16.4. The molecule has 0 heteroatoms. The topological polar surface area (TPSA) is 0 Å². The van der Waals surface area contributed by atoms with Crippen LogP contribution >= 0.6 is 0 Å². The highest BCUT2D eigenvalue weighted by atomic mass is 14.6. The molecule has 0 saturated heterocycles. The lowest BCUT2D eigenvalue weighted by atomic mass is 9.70. The number of allylic oxidation sites excluding steroid dienone is 4. The third-order valence-electron chi connectivity index (χ3n) is 7.21. The van der Waals surface area contributed by atoms with Crippen LogP contribution in [0.15, 0.2) is 65.8 Å². The van der Waals surface area contributed by atoms with Gasteiger partial charge in [-0.2, -0.15) is 0 Å². The fraction of sp³-hybridized carbons (Fsp3) is 0.385. The van der Waals surface area contributed by atoms with Crippen molar-refractivity contribution < 1.29 is 0 Å². The largest absolute Gasteiger partial charge is 0.0732 e. The zero-order chi connectivity index (χ0) is 18.1. The van der Waals surface area contributed by atoms with Crippen molar-refractivity contribution in [3.05, 3.63) is 82.5 Å². The highest BCUT2D eigenvalue weighted by molar-refractivity contribution is 5.78. The van der Waals surface area contributed by atoms with E-state index in [2.05, 4.69) is 82.3 Å². The zero-order valence-corrected chi connectivity index (χ0v) is 16.4. The van der Waals surface area contributed by atoms with Crippen molar-refractivity contribution in [3.8, 4) is 11.1 Å². The van der Waals surface area contributed by atoms with Crippen LogP contribution in [-0.4, -0.2) is 0 Å². The maximum atomic E-state index is 2.57. The van der Waals surface area contributed by atoms with Crippen molar-refractivity contribution in [2.75, 3.05) is 0 Å². The lowest BCUT2D eigenvalue weighted by Gasteiger charge is -2.33. The molecule has 0 bridgehead atoms. The Morgan fingerprint density at radius 3 is 2.54 bits per heavy atom. The molecule has 0 nitrogen and oxygen atoms in total. The molecule has 2 aromatic carbocycles. The van der Waals surface area contributed by atoms with Crippen LogP contribution in [0.2, 0.25) is 0 Å². The van der Waals surface area contributed by atoms with E-state index in [0.29, 0.717) is 5.92 Å². The summed E-state index contributed by atoms with van der Waals surface area (Å²) in [6.45, 7) is 9.70. The molecule has 1 saturated carbocycles. The summed E-state index contributed by atoms with van der Waals surface area (Å²) in [5, 5.41) is 0. The smallest absolute Gasteiger partial charge is 0.00859 e. The first-order chi connectivity index (χ1) is 12.4. The second kappa shape index (κ2) is 5.22. The van der Waals surface area contributed by atoms with Gasteiger partial charge in [0.1, 0.15) is 0 Å². The minimum Gasteiger partial charge on any atom is -0.0732 e. The van der Waals surface area contributed by atoms with Gasteiger partial charge in [-0.15, -0.1) is 0 Å². The molecule has 0 aliphatic heterocycles. The molecule has 0 radical (unpaired) electrons. The molecule has 0 spiro atoms. The lowest BCUT2D eigenvalue weighted by molar-refractivity contribution is 0.357. The molecule has 0 N–H and O–H groups in total. The number of benzene rings is 2. The second-order valence-electron chi connectivity index (χ2n) is 9.32. The fourth-order valence-corrected chi connectivity index (χ4v) is 6.09. The van der Waals surface area contributed by atoms with Gasteiger partial charge < -0.3 is 0 Å². The van der Waals surface area contributed by atoms with Crippen LogP contribution in [0.1, 0.15) is 57.2 Å². The van der Waals surface area contributed by atoms with Gasteiger partial charge in [0, 0.05) is 11.3 Å². The van der Waals surface area contributed by atoms with Gasteiger partial charge in [0.05, 0.1) is 0 Å². The highest BCUT2D eigenvalue weighted by Gasteiger charge is 2.53. The van der Waals surface area contributed by atoms with Gasteiger partial charge in [-0.05, 0) is 52.5 Å². The van der Waals surface area contributed by atoms with E-state index >= 15 is 0 Å². The van der Waals surface area contributed by atoms with Crippen LogP contribution in [0.4, 0.5) is 0 Å². The van der Waals surface area contributed by atoms with Crippen molar-refractivity contribution in [3.63, 3.8) is 0 Å². The standard InChI is InChI=1S/C26H28/c1-5-17-13-23-24(14-17)26(4,16-25(23,2)3)22-12-8-11-20-19-10-7-6-9-18(19)15-21(20)22/h6-14,24H,5,15-16H2,1-4H3. The molecule has 0 heterocycles. The summed E-state index contributed by atoms with van der Waals surface area (Å²) in [6.07, 6.45) is 8.55. The van der Waals surface area contributed by atoms with Crippen molar-refractivity contribution >= 4 is 0 Å². The van der Waals surface area contributed by atoms with Crippen LogP contribution in [0.5, 0.6) is 0 Å². The van der Waals surface area contributed by atoms with Gasteiger partial charge in [-0.25, -0.2) is 0 Å². The number of hydrogen-bond donors (Lipinski definition) is 0. The highest BCUT2D eigenvalue weighted by Crippen LogP contribution is 2.61. The van der Waals surface area contributed by atoms with Crippen LogP contribution in [-0.2, 0) is 11.8 Å². The summed E-state index contributed by atoms with van der Waals surface area (Å²) in [5.74, 6) is 0.558. The summed E-state index contributed by atoms with van der Waals surface area (Å²) in [4.78, 5) is 0. The summed E-state index contributed by atoms with van der Waals surface area (Å²) in [7, 11) is 0. The molecule has 5 rings (SSSR count). The summed E-state index contributed by atoms with van der Waals surface area (Å²) in [6, 6.07) is 16.0. The Bertz CT molecular complexity index is 969. The van der Waals surface area contributed by atoms with Crippen molar-refractivity contribution in [2.45, 2.75) is 52.4 Å². The second-order valence-corrected chi connectivity index (χ2v) is 9.32. The summed E-state index contributed by atoms with van der Waals surface area (Å²) >= 11 is 0. The number of fused-ring (bicyclic) bond motifs is 4. The molecule has 2 atom stereocenters.